The van der Waals surface area contributed by atoms with Crippen molar-refractivity contribution in [2.45, 2.75) is 209 Å². The lowest BCUT2D eigenvalue weighted by atomic mass is 9.85. The van der Waals surface area contributed by atoms with Gasteiger partial charge >= 0.3 is 0 Å². The third-order valence-electron chi connectivity index (χ3n) is 29.0. The number of nitrogens with zero attached hydrogens (tertiary/aromatic N) is 7. The number of hydrogen-bond acceptors (Lipinski definition) is 0. The Hall–Kier alpha value is -13.5. The summed E-state index contributed by atoms with van der Waals surface area (Å²) in [5, 5.41) is 17.1. The summed E-state index contributed by atoms with van der Waals surface area (Å²) in [6, 6.07) is 109. The first-order chi connectivity index (χ1) is 61.9. The van der Waals surface area contributed by atoms with Crippen LogP contribution in [0.3, 0.4) is 0 Å². The van der Waals surface area contributed by atoms with Gasteiger partial charge in [-0.15, -0.1) is 6.42 Å². The summed E-state index contributed by atoms with van der Waals surface area (Å²) in [5.41, 5.74) is 34.8. The minimum atomic E-state index is -0.0444. The monoisotopic (exact) mass is 1710 g/mol. The van der Waals surface area contributed by atoms with Gasteiger partial charge in [-0.2, -0.15) is 0 Å². The van der Waals surface area contributed by atoms with Crippen molar-refractivity contribution in [2.75, 3.05) is 0 Å². The predicted molar refractivity (Wildman–Crippen MR) is 564 cm³/mol. The predicted octanol–water partition coefficient (Wildman–Crippen LogP) is 33.7. The van der Waals surface area contributed by atoms with Crippen molar-refractivity contribution in [1.29, 1.82) is 0 Å². The highest BCUT2D eigenvalue weighted by molar-refractivity contribution is 6.19. The molecule has 15 aromatic carbocycles. The molecule has 0 aliphatic rings. The van der Waals surface area contributed by atoms with E-state index >= 15 is 0 Å². The molecule has 0 aliphatic carbocycles. The molecule has 0 radical (unpaired) electrons. The number of aromatic nitrogens is 7. The first-order valence-electron chi connectivity index (χ1n) is 47.1. The van der Waals surface area contributed by atoms with Crippen molar-refractivity contribution >= 4 is 153 Å². The molecule has 131 heavy (non-hydrogen) atoms. The molecule has 0 unspecified atom stereocenters. The van der Waals surface area contributed by atoms with Crippen molar-refractivity contribution in [3.8, 4) is 52.2 Å². The van der Waals surface area contributed by atoms with Gasteiger partial charge in [0.25, 0.3) is 0 Å². The number of benzene rings is 15. The van der Waals surface area contributed by atoms with Gasteiger partial charge in [-0.3, -0.25) is 0 Å². The van der Waals surface area contributed by atoms with E-state index in [1.54, 1.807) is 0 Å². The Bertz CT molecular complexity index is 7530. The third-order valence-corrected chi connectivity index (χ3v) is 29.0. The molecule has 22 rings (SSSR count). The molecule has 7 heterocycles. The summed E-state index contributed by atoms with van der Waals surface area (Å²) < 4.78 is 17.6. The van der Waals surface area contributed by atoms with Crippen LogP contribution in [-0.2, 0) is 43.3 Å². The van der Waals surface area contributed by atoms with Crippen LogP contribution in [0, 0.1) is 12.3 Å². The summed E-state index contributed by atoms with van der Waals surface area (Å²) >= 11 is 0. The van der Waals surface area contributed by atoms with Gasteiger partial charge < -0.3 is 32.0 Å². The number of rotatable bonds is 7. The van der Waals surface area contributed by atoms with Crippen molar-refractivity contribution in [1.82, 2.24) is 32.0 Å². The van der Waals surface area contributed by atoms with Crippen LogP contribution < -0.4 is 0 Å². The summed E-state index contributed by atoms with van der Waals surface area (Å²) in [7, 11) is 0. The van der Waals surface area contributed by atoms with Gasteiger partial charge in [0.1, 0.15) is 0 Å². The standard InChI is InChI=1S/C124H119N7/c1-26-73-27-37-82(38-28-73)125-111-53-39-87(130-113-55-41-83(126-103-45-29-74(117(2,3)4)59-89(103)90-60-75(118(5,6)7)30-46-104(90)126)69-99(113)100-70-84(42-56-114(100)130)127-105-47-31-76(119(8,9)10)61-91(105)92-62-77(120(11,12)13)32-48-106(92)127)67-97(111)98-68-88(40-54-112(98)125)131-115-57-43-85(128-107-49-33-78(121(14,15)16)63-93(107)94-64-79(122(17,18)19)34-50-108(94)128)71-101(115)102-72-86(44-58-116(102)131)129-109-51-35-80(123(20,21)22)65-95(109)96-66-81(124(23,24)25)36-52-110(96)129/h1,27-72H,2-25H3. The first kappa shape index (κ1) is 83.1. The van der Waals surface area contributed by atoms with E-state index in [4.69, 9.17) is 6.42 Å². The van der Waals surface area contributed by atoms with Gasteiger partial charge in [0.05, 0.1) is 77.2 Å². The molecule has 0 aliphatic heterocycles. The maximum Gasteiger partial charge on any atom is 0.0542 e. The third kappa shape index (κ3) is 13.2. The molecular formula is C124H119N7. The summed E-state index contributed by atoms with van der Waals surface area (Å²) in [6.45, 7) is 55.8. The van der Waals surface area contributed by atoms with E-state index in [0.717, 1.165) is 89.2 Å². The Morgan fingerprint density at radius 1 is 0.145 bits per heavy atom. The van der Waals surface area contributed by atoms with Crippen LogP contribution in [0.4, 0.5) is 0 Å². The van der Waals surface area contributed by atoms with Gasteiger partial charge in [-0.1, -0.05) is 221 Å². The number of terminal acetylenes is 1. The molecule has 650 valence electrons. The van der Waals surface area contributed by atoms with Gasteiger partial charge in [0.2, 0.25) is 0 Å². The topological polar surface area (TPSA) is 34.5 Å². The largest absolute Gasteiger partial charge is 0.309 e. The van der Waals surface area contributed by atoms with Gasteiger partial charge in [-0.25, -0.2) is 0 Å². The average Bonchev–Trinajstić information content (AvgIpc) is 1.58. The van der Waals surface area contributed by atoms with Crippen LogP contribution in [-0.4, -0.2) is 32.0 Å². The molecule has 0 fully saturated rings. The van der Waals surface area contributed by atoms with Crippen molar-refractivity contribution in [2.24, 2.45) is 0 Å². The Morgan fingerprint density at radius 2 is 0.260 bits per heavy atom. The second-order valence-electron chi connectivity index (χ2n) is 46.1. The van der Waals surface area contributed by atoms with Crippen molar-refractivity contribution in [3.63, 3.8) is 0 Å². The molecule has 0 amide bonds. The molecule has 0 N–H and O–H groups in total. The fraction of sp³-hybridized carbons (Fsp3) is 0.258. The Balaban J connectivity index is 0.798. The molecule has 0 atom stereocenters. The van der Waals surface area contributed by atoms with E-state index in [0.29, 0.717) is 0 Å². The van der Waals surface area contributed by atoms with E-state index in [-0.39, 0.29) is 43.3 Å². The van der Waals surface area contributed by atoms with E-state index in [9.17, 15) is 0 Å². The molecule has 0 saturated carbocycles. The van der Waals surface area contributed by atoms with Crippen LogP contribution in [0.5, 0.6) is 0 Å². The van der Waals surface area contributed by atoms with Crippen LogP contribution in [0.15, 0.2) is 279 Å². The molecule has 0 saturated heterocycles. The minimum absolute atomic E-state index is 0.0444. The van der Waals surface area contributed by atoms with Gasteiger partial charge in [0, 0.05) is 121 Å². The molecule has 22 aromatic rings. The maximum absolute atomic E-state index is 6.17. The highest BCUT2D eigenvalue weighted by atomic mass is 15.0. The van der Waals surface area contributed by atoms with Crippen LogP contribution in [0.1, 0.15) is 216 Å². The smallest absolute Gasteiger partial charge is 0.0542 e. The fourth-order valence-corrected chi connectivity index (χ4v) is 21.3. The van der Waals surface area contributed by atoms with Gasteiger partial charge in [-0.05, 0) is 318 Å². The normalized spacial score (nSPS) is 13.3. The van der Waals surface area contributed by atoms with E-state index in [2.05, 4.69) is 483 Å². The second-order valence-corrected chi connectivity index (χ2v) is 46.1. The zero-order valence-corrected chi connectivity index (χ0v) is 80.8. The highest BCUT2D eigenvalue weighted by Crippen LogP contribution is 2.49. The number of fused-ring (bicyclic) bond motifs is 21. The summed E-state index contributed by atoms with van der Waals surface area (Å²) in [5.74, 6) is 2.92. The Morgan fingerprint density at radius 3 is 0.389 bits per heavy atom. The second kappa shape index (κ2) is 28.2. The van der Waals surface area contributed by atoms with E-state index in [1.807, 2.05) is 0 Å². The zero-order chi connectivity index (χ0) is 91.7. The summed E-state index contributed by atoms with van der Waals surface area (Å²) in [4.78, 5) is 0. The van der Waals surface area contributed by atoms with Crippen LogP contribution in [0.2, 0.25) is 0 Å². The van der Waals surface area contributed by atoms with Crippen molar-refractivity contribution in [3.05, 3.63) is 329 Å². The quantitative estimate of drug-likeness (QED) is 0.143. The fourth-order valence-electron chi connectivity index (χ4n) is 21.3. The highest BCUT2D eigenvalue weighted by Gasteiger charge is 2.31. The minimum Gasteiger partial charge on any atom is -0.309 e. The Labute approximate surface area is 770 Å². The van der Waals surface area contributed by atoms with Gasteiger partial charge in [0.15, 0.2) is 0 Å². The molecule has 7 aromatic heterocycles. The lowest BCUT2D eigenvalue weighted by Crippen LogP contribution is -2.10. The molecule has 0 bridgehead atoms. The van der Waals surface area contributed by atoms with Crippen molar-refractivity contribution < 1.29 is 0 Å². The van der Waals surface area contributed by atoms with E-state index < -0.39 is 0 Å². The molecule has 7 nitrogen and oxygen atoms in total. The average molecular weight is 1710 g/mol. The lowest BCUT2D eigenvalue weighted by Gasteiger charge is -2.19. The Kier molecular flexibility index (Phi) is 17.9. The lowest BCUT2D eigenvalue weighted by molar-refractivity contribution is 0.590. The molecule has 0 spiro atoms. The molecular weight excluding hydrogens is 1590 g/mol. The first-order valence-corrected chi connectivity index (χ1v) is 47.1. The zero-order valence-electron chi connectivity index (χ0n) is 80.8. The number of hydrogen-bond donors (Lipinski definition) is 0. The SMILES string of the molecule is C#Cc1ccc(-n2c3ccc(-n4c5ccc(-n6c7ccc(C(C)(C)C)cc7c7cc(C(C)(C)C)ccc76)cc5c5cc(-n6c7ccc(C(C)(C)C)cc7c7cc(C(C)(C)C)ccc76)ccc54)cc3c3cc(-n4c5ccc(-n6c7ccc(C(C)(C)C)cc7c7cc(C(C)(C)C)ccc76)cc5c5cc(-n6c7ccc(C(C)(C)C)cc7c7cc(C(C)(C)C)ccc76)ccc54)ccc32)cc1. The van der Waals surface area contributed by atoms with Crippen LogP contribution >= 0.6 is 0 Å². The maximum atomic E-state index is 6.17. The van der Waals surface area contributed by atoms with Crippen LogP contribution in [0.25, 0.3) is 192 Å². The summed E-state index contributed by atoms with van der Waals surface area (Å²) in [6.07, 6.45) is 6.17. The van der Waals surface area contributed by atoms with E-state index in [1.165, 1.54) is 153 Å². The molecule has 7 heteroatoms.